The van der Waals surface area contributed by atoms with Crippen molar-refractivity contribution in [1.82, 2.24) is 9.88 Å². The summed E-state index contributed by atoms with van der Waals surface area (Å²) in [5.41, 5.74) is 0.854. The molecule has 4 rings (SSSR count). The predicted molar refractivity (Wildman–Crippen MR) is 112 cm³/mol. The maximum absolute atomic E-state index is 12.7. The lowest BCUT2D eigenvalue weighted by atomic mass is 10.2. The van der Waals surface area contributed by atoms with Gasteiger partial charge in [-0.2, -0.15) is 0 Å². The molecule has 148 valence electrons. The molecule has 0 unspecified atom stereocenters. The lowest BCUT2D eigenvalue weighted by Gasteiger charge is -2.11. The summed E-state index contributed by atoms with van der Waals surface area (Å²) >= 11 is 2.53. The van der Waals surface area contributed by atoms with Crippen LogP contribution in [0, 0.1) is 0 Å². The number of carbonyl (C=O) groups is 2. The first-order valence-electron chi connectivity index (χ1n) is 8.46. The molecule has 1 N–H and O–H groups in total. The number of pyridine rings is 1. The fourth-order valence-electron chi connectivity index (χ4n) is 2.89. The van der Waals surface area contributed by atoms with Crippen LogP contribution in [0.4, 0.5) is 5.69 Å². The number of aromatic nitrogens is 1. The van der Waals surface area contributed by atoms with Crippen LogP contribution in [0.2, 0.25) is 0 Å². The maximum Gasteiger partial charge on any atom is 0.280 e. The molecule has 1 aliphatic heterocycles. The summed E-state index contributed by atoms with van der Waals surface area (Å²) in [5.74, 6) is -0.904. The summed E-state index contributed by atoms with van der Waals surface area (Å²) < 4.78 is 28.1. The van der Waals surface area contributed by atoms with Crippen LogP contribution in [0.25, 0.3) is 0 Å². The highest BCUT2D eigenvalue weighted by Gasteiger charge is 2.36. The third-order valence-electron chi connectivity index (χ3n) is 4.27. The van der Waals surface area contributed by atoms with Crippen LogP contribution in [0.15, 0.2) is 63.8 Å². The summed E-state index contributed by atoms with van der Waals surface area (Å²) in [7, 11) is -3.77. The van der Waals surface area contributed by atoms with E-state index in [0.717, 1.165) is 21.1 Å². The minimum Gasteiger partial charge on any atom is -0.279 e. The monoisotopic (exact) mass is 445 g/mol. The van der Waals surface area contributed by atoms with Crippen LogP contribution in [-0.4, -0.2) is 36.4 Å². The number of hydrogen-bond donors (Lipinski definition) is 1. The second kappa shape index (κ2) is 7.62. The van der Waals surface area contributed by atoms with Crippen LogP contribution in [-0.2, 0) is 16.6 Å². The smallest absolute Gasteiger partial charge is 0.279 e. The van der Waals surface area contributed by atoms with Gasteiger partial charge < -0.3 is 0 Å². The Morgan fingerprint density at radius 2 is 1.93 bits per heavy atom. The lowest BCUT2D eigenvalue weighted by Crippen LogP contribution is -2.28. The van der Waals surface area contributed by atoms with E-state index in [4.69, 9.17) is 0 Å². The molecule has 0 aliphatic carbocycles. The van der Waals surface area contributed by atoms with E-state index in [0.29, 0.717) is 10.6 Å². The molecule has 0 atom stereocenters. The van der Waals surface area contributed by atoms with Gasteiger partial charge >= 0.3 is 0 Å². The Labute approximate surface area is 175 Å². The first kappa shape index (κ1) is 19.6. The second-order valence-electron chi connectivity index (χ2n) is 6.15. The number of nitrogens with one attached hydrogen (secondary N) is 1. The van der Waals surface area contributed by atoms with Gasteiger partial charge in [-0.05, 0) is 48.7 Å². The number of thiophene rings is 1. The molecule has 0 radical (unpaired) electrons. The molecule has 3 aromatic rings. The molecule has 0 spiro atoms. The fraction of sp³-hybridized carbons (Fsp3) is 0.105. The summed E-state index contributed by atoms with van der Waals surface area (Å²) in [6.45, 7) is -0.00380. The average molecular weight is 446 g/mol. The molecular formula is C19H15N3O4S3. The normalized spacial score (nSPS) is 13.6. The minimum absolute atomic E-state index is 0.00380. The summed E-state index contributed by atoms with van der Waals surface area (Å²) in [6.07, 6.45) is 3.37. The lowest BCUT2D eigenvalue weighted by molar-refractivity contribution is 0.0642. The molecule has 2 aromatic heterocycles. The quantitative estimate of drug-likeness (QED) is 0.461. The molecule has 0 saturated heterocycles. The Kier molecular flexibility index (Phi) is 5.15. The van der Waals surface area contributed by atoms with Gasteiger partial charge in [-0.3, -0.25) is 24.2 Å². The Hall–Kier alpha value is -2.69. The number of nitrogens with zero attached hydrogens (tertiary/aromatic N) is 2. The number of rotatable bonds is 6. The highest BCUT2D eigenvalue weighted by atomic mass is 32.2. The average Bonchev–Trinajstić information content (AvgIpc) is 3.28. The van der Waals surface area contributed by atoms with Gasteiger partial charge in [0.15, 0.2) is 0 Å². The summed E-state index contributed by atoms with van der Waals surface area (Å²) in [4.78, 5) is 31.5. The first-order valence-corrected chi connectivity index (χ1v) is 12.0. The Balaban J connectivity index is 1.53. The van der Waals surface area contributed by atoms with E-state index in [2.05, 4.69) is 9.71 Å². The third kappa shape index (κ3) is 3.78. The van der Waals surface area contributed by atoms with Crippen LogP contribution in [0.1, 0.15) is 25.7 Å². The van der Waals surface area contributed by atoms with Gasteiger partial charge in [-0.25, -0.2) is 8.42 Å². The number of fused-ring (bicyclic) bond motifs is 1. The van der Waals surface area contributed by atoms with Crippen molar-refractivity contribution in [2.75, 3.05) is 11.0 Å². The van der Waals surface area contributed by atoms with E-state index in [1.807, 2.05) is 12.3 Å². The molecule has 7 nitrogen and oxygen atoms in total. The third-order valence-corrected chi connectivity index (χ3v) is 7.94. The zero-order valence-corrected chi connectivity index (χ0v) is 17.6. The zero-order chi connectivity index (χ0) is 20.6. The first-order chi connectivity index (χ1) is 13.9. The maximum atomic E-state index is 12.7. The Bertz CT molecular complexity index is 1190. The van der Waals surface area contributed by atoms with Gasteiger partial charge in [0, 0.05) is 21.7 Å². The molecule has 1 aromatic carbocycles. The molecule has 2 amide bonds. The standard InChI is InChI=1S/C19H15N3O4S3/c1-27-13-5-2-4-12(10-13)21-29(25,26)16-8-7-14(28-16)11-22-18(23)15-6-3-9-20-17(15)19(22)24/h2-10,21H,11H2,1H3. The van der Waals surface area contributed by atoms with Crippen molar-refractivity contribution in [2.45, 2.75) is 15.6 Å². The van der Waals surface area contributed by atoms with Crippen LogP contribution >= 0.6 is 23.1 Å². The van der Waals surface area contributed by atoms with Crippen molar-refractivity contribution in [3.05, 3.63) is 70.9 Å². The van der Waals surface area contributed by atoms with Crippen molar-refractivity contribution in [3.8, 4) is 0 Å². The zero-order valence-electron chi connectivity index (χ0n) is 15.2. The van der Waals surface area contributed by atoms with Crippen molar-refractivity contribution < 1.29 is 18.0 Å². The molecule has 10 heteroatoms. The second-order valence-corrected chi connectivity index (χ2v) is 10.1. The van der Waals surface area contributed by atoms with Crippen molar-refractivity contribution >= 4 is 50.6 Å². The number of benzene rings is 1. The van der Waals surface area contributed by atoms with E-state index in [1.165, 1.54) is 24.0 Å². The minimum atomic E-state index is -3.77. The molecule has 0 fully saturated rings. The van der Waals surface area contributed by atoms with Crippen LogP contribution < -0.4 is 4.72 Å². The number of thioether (sulfide) groups is 1. The fourth-order valence-corrected chi connectivity index (χ4v) is 5.75. The Morgan fingerprint density at radius 1 is 1.10 bits per heavy atom. The van der Waals surface area contributed by atoms with E-state index >= 15 is 0 Å². The molecule has 0 bridgehead atoms. The van der Waals surface area contributed by atoms with Crippen LogP contribution in [0.3, 0.4) is 0 Å². The molecule has 3 heterocycles. The van der Waals surface area contributed by atoms with Gasteiger partial charge in [0.05, 0.1) is 12.1 Å². The molecule has 1 aliphatic rings. The van der Waals surface area contributed by atoms with Crippen molar-refractivity contribution in [1.29, 1.82) is 0 Å². The number of amides is 2. The van der Waals surface area contributed by atoms with Gasteiger partial charge in [0.1, 0.15) is 9.90 Å². The van der Waals surface area contributed by atoms with E-state index in [9.17, 15) is 18.0 Å². The molecule has 0 saturated carbocycles. The number of anilines is 1. The highest BCUT2D eigenvalue weighted by molar-refractivity contribution is 7.98. The van der Waals surface area contributed by atoms with Crippen molar-refractivity contribution in [2.24, 2.45) is 0 Å². The van der Waals surface area contributed by atoms with Gasteiger partial charge in [0.2, 0.25) is 0 Å². The van der Waals surface area contributed by atoms with E-state index < -0.39 is 21.8 Å². The van der Waals surface area contributed by atoms with Gasteiger partial charge in [-0.1, -0.05) is 6.07 Å². The van der Waals surface area contributed by atoms with Gasteiger partial charge in [0.25, 0.3) is 21.8 Å². The molecular weight excluding hydrogens is 430 g/mol. The number of carbonyl (C=O) groups excluding carboxylic acids is 2. The Morgan fingerprint density at radius 3 is 2.69 bits per heavy atom. The molecule has 29 heavy (non-hydrogen) atoms. The number of imide groups is 1. The van der Waals surface area contributed by atoms with E-state index in [-0.39, 0.29) is 22.0 Å². The van der Waals surface area contributed by atoms with Crippen molar-refractivity contribution in [3.63, 3.8) is 0 Å². The largest absolute Gasteiger partial charge is 0.280 e. The number of hydrogen-bond acceptors (Lipinski definition) is 7. The summed E-state index contributed by atoms with van der Waals surface area (Å²) in [5, 5.41) is 0. The van der Waals surface area contributed by atoms with Gasteiger partial charge in [-0.15, -0.1) is 23.1 Å². The number of sulfonamides is 1. The summed E-state index contributed by atoms with van der Waals surface area (Å²) in [6, 6.07) is 13.3. The van der Waals surface area contributed by atoms with E-state index in [1.54, 1.807) is 36.4 Å². The van der Waals surface area contributed by atoms with Crippen LogP contribution in [0.5, 0.6) is 0 Å². The predicted octanol–water partition coefficient (Wildman–Crippen LogP) is 3.46. The SMILES string of the molecule is CSc1cccc(NS(=O)(=O)c2ccc(CN3C(=O)c4cccnc4C3=O)s2)c1. The highest BCUT2D eigenvalue weighted by Crippen LogP contribution is 2.29. The topological polar surface area (TPSA) is 96.4 Å².